The summed E-state index contributed by atoms with van der Waals surface area (Å²) in [4.78, 5) is 25.2. The summed E-state index contributed by atoms with van der Waals surface area (Å²) in [6.07, 6.45) is 1.18. The molecule has 4 atom stereocenters. The second-order valence-corrected chi connectivity index (χ2v) is 10.6. The Morgan fingerprint density at radius 2 is 1.59 bits per heavy atom. The Kier molecular flexibility index (Phi) is 11.0. The lowest BCUT2D eigenvalue weighted by Gasteiger charge is -2.39. The first kappa shape index (κ1) is 30.4. The van der Waals surface area contributed by atoms with E-state index in [-0.39, 0.29) is 43.6 Å². The number of rotatable bonds is 13. The van der Waals surface area contributed by atoms with Gasteiger partial charge in [0.25, 0.3) is 0 Å². The average Bonchev–Trinajstić information content (AvgIpc) is 2.99. The lowest BCUT2D eigenvalue weighted by molar-refractivity contribution is -0.253. The standard InChI is InChI=1S/C33H40N2O6/c1-23(25-8-4-3-5-9-25)35(2)21-29-20-30(26-14-12-24(22-36)13-15-26)41-33(40-29)27-16-18-28(19-17-27)34-31(37)10-6-7-11-32(38)39/h3-5,8-9,12-19,23,29-30,33,36H,6-7,10-11,20-22H2,1-2H3,(H,34,37)(H,38,39)/t23-,29+,30-,33-/m0/s1. The number of unbranched alkanes of at least 4 members (excludes halogenated alkanes) is 1. The maximum absolute atomic E-state index is 12.3. The molecule has 0 aliphatic carbocycles. The molecule has 1 aliphatic heterocycles. The SMILES string of the molecule is C[C@@H](c1ccccc1)N(C)C[C@H]1C[C@@H](c2ccc(CO)cc2)O[C@@H](c2ccc(NC(=O)CCCCC(=O)O)cc2)O1. The smallest absolute Gasteiger partial charge is 0.303 e. The molecule has 1 saturated heterocycles. The highest BCUT2D eigenvalue weighted by Gasteiger charge is 2.33. The largest absolute Gasteiger partial charge is 0.481 e. The molecule has 8 nitrogen and oxygen atoms in total. The Morgan fingerprint density at radius 3 is 2.24 bits per heavy atom. The molecular weight excluding hydrogens is 520 g/mol. The molecule has 0 saturated carbocycles. The zero-order valence-corrected chi connectivity index (χ0v) is 23.7. The molecule has 0 radical (unpaired) electrons. The number of carbonyl (C=O) groups excluding carboxylic acids is 1. The van der Waals surface area contributed by atoms with Crippen LogP contribution < -0.4 is 5.32 Å². The Hall–Kier alpha value is -3.56. The van der Waals surface area contributed by atoms with Gasteiger partial charge in [-0.15, -0.1) is 0 Å². The van der Waals surface area contributed by atoms with Gasteiger partial charge in [0.1, 0.15) is 0 Å². The molecule has 1 amide bonds. The molecule has 0 unspecified atom stereocenters. The molecule has 3 aromatic rings. The minimum atomic E-state index is -0.850. The third-order valence-corrected chi connectivity index (χ3v) is 7.56. The Morgan fingerprint density at radius 1 is 0.927 bits per heavy atom. The number of carboxylic acid groups (broad SMARTS) is 1. The monoisotopic (exact) mass is 560 g/mol. The van der Waals surface area contributed by atoms with Gasteiger partial charge >= 0.3 is 5.97 Å². The van der Waals surface area contributed by atoms with E-state index in [0.29, 0.717) is 24.9 Å². The Labute approximate surface area is 241 Å². The minimum absolute atomic E-state index is 0.00639. The van der Waals surface area contributed by atoms with Crippen LogP contribution in [0.2, 0.25) is 0 Å². The molecule has 0 bridgehead atoms. The fourth-order valence-electron chi connectivity index (χ4n) is 5.01. The van der Waals surface area contributed by atoms with Crippen molar-refractivity contribution in [2.75, 3.05) is 18.9 Å². The van der Waals surface area contributed by atoms with Crippen molar-refractivity contribution >= 4 is 17.6 Å². The van der Waals surface area contributed by atoms with Crippen molar-refractivity contribution in [1.82, 2.24) is 4.90 Å². The number of hydrogen-bond acceptors (Lipinski definition) is 6. The number of nitrogens with one attached hydrogen (secondary N) is 1. The summed E-state index contributed by atoms with van der Waals surface area (Å²) in [5.74, 6) is -0.993. The zero-order valence-electron chi connectivity index (χ0n) is 23.7. The summed E-state index contributed by atoms with van der Waals surface area (Å²) < 4.78 is 12.9. The molecule has 41 heavy (non-hydrogen) atoms. The first-order valence-electron chi connectivity index (χ1n) is 14.2. The fourth-order valence-corrected chi connectivity index (χ4v) is 5.01. The minimum Gasteiger partial charge on any atom is -0.481 e. The summed E-state index contributed by atoms with van der Waals surface area (Å²) in [5, 5.41) is 21.1. The van der Waals surface area contributed by atoms with Crippen molar-refractivity contribution in [3.63, 3.8) is 0 Å². The number of carbonyl (C=O) groups is 2. The van der Waals surface area contributed by atoms with E-state index in [1.54, 1.807) is 0 Å². The maximum Gasteiger partial charge on any atom is 0.303 e. The number of ether oxygens (including phenoxy) is 2. The van der Waals surface area contributed by atoms with Gasteiger partial charge in [0, 0.05) is 43.1 Å². The lowest BCUT2D eigenvalue weighted by atomic mass is 9.99. The first-order chi connectivity index (χ1) is 19.8. The summed E-state index contributed by atoms with van der Waals surface area (Å²) in [6, 6.07) is 25.9. The highest BCUT2D eigenvalue weighted by Crippen LogP contribution is 2.39. The quantitative estimate of drug-likeness (QED) is 0.220. The van der Waals surface area contributed by atoms with Gasteiger partial charge in [-0.1, -0.05) is 66.7 Å². The van der Waals surface area contributed by atoms with Crippen LogP contribution in [0.25, 0.3) is 0 Å². The molecule has 8 heteroatoms. The van der Waals surface area contributed by atoms with Gasteiger partial charge in [0.05, 0.1) is 18.8 Å². The van der Waals surface area contributed by atoms with E-state index in [1.165, 1.54) is 5.56 Å². The lowest BCUT2D eigenvalue weighted by Crippen LogP contribution is -2.38. The van der Waals surface area contributed by atoms with E-state index < -0.39 is 12.3 Å². The van der Waals surface area contributed by atoms with Crippen molar-refractivity contribution in [1.29, 1.82) is 0 Å². The number of aliphatic carboxylic acids is 1. The summed E-state index contributed by atoms with van der Waals surface area (Å²) in [5.41, 5.74) is 4.65. The maximum atomic E-state index is 12.3. The molecule has 0 spiro atoms. The van der Waals surface area contributed by atoms with E-state index >= 15 is 0 Å². The normalized spacial score (nSPS) is 19.6. The van der Waals surface area contributed by atoms with Gasteiger partial charge < -0.3 is 25.0 Å². The number of hydrogen-bond donors (Lipinski definition) is 3. The van der Waals surface area contributed by atoms with Crippen LogP contribution in [-0.2, 0) is 25.7 Å². The molecule has 218 valence electrons. The van der Waals surface area contributed by atoms with Gasteiger partial charge in [0.15, 0.2) is 6.29 Å². The van der Waals surface area contributed by atoms with Crippen molar-refractivity contribution in [2.45, 2.75) is 70.2 Å². The summed E-state index contributed by atoms with van der Waals surface area (Å²) in [7, 11) is 2.11. The van der Waals surface area contributed by atoms with Crippen LogP contribution in [0.3, 0.4) is 0 Å². The highest BCUT2D eigenvalue weighted by atomic mass is 16.7. The first-order valence-corrected chi connectivity index (χ1v) is 14.2. The van der Waals surface area contributed by atoms with Crippen molar-refractivity contribution in [3.8, 4) is 0 Å². The number of aliphatic hydroxyl groups is 1. The average molecular weight is 561 g/mol. The second kappa shape index (κ2) is 14.9. The third kappa shape index (κ3) is 8.96. The summed E-state index contributed by atoms with van der Waals surface area (Å²) in [6.45, 7) is 2.90. The number of carboxylic acids is 1. The predicted molar refractivity (Wildman–Crippen MR) is 157 cm³/mol. The third-order valence-electron chi connectivity index (χ3n) is 7.56. The van der Waals surface area contributed by atoms with Crippen LogP contribution >= 0.6 is 0 Å². The molecule has 4 rings (SSSR count). The predicted octanol–water partition coefficient (Wildman–Crippen LogP) is 6.00. The Balaban J connectivity index is 1.44. The van der Waals surface area contributed by atoms with Gasteiger partial charge in [-0.3, -0.25) is 14.5 Å². The molecule has 3 aromatic carbocycles. The number of nitrogens with zero attached hydrogens (tertiary/aromatic N) is 1. The van der Waals surface area contributed by atoms with Gasteiger partial charge in [-0.05, 0) is 55.6 Å². The number of anilines is 1. The highest BCUT2D eigenvalue weighted by molar-refractivity contribution is 5.90. The molecule has 1 fully saturated rings. The number of amides is 1. The van der Waals surface area contributed by atoms with Crippen molar-refractivity contribution < 1.29 is 29.3 Å². The van der Waals surface area contributed by atoms with Gasteiger partial charge in [-0.25, -0.2) is 0 Å². The molecule has 3 N–H and O–H groups in total. The molecular formula is C33H40N2O6. The van der Waals surface area contributed by atoms with Crippen LogP contribution in [0.4, 0.5) is 5.69 Å². The number of benzene rings is 3. The van der Waals surface area contributed by atoms with E-state index in [0.717, 1.165) is 23.2 Å². The molecule has 0 aromatic heterocycles. The molecule has 1 heterocycles. The number of aliphatic hydroxyl groups excluding tert-OH is 1. The van der Waals surface area contributed by atoms with E-state index in [1.807, 2.05) is 54.6 Å². The molecule has 1 aliphatic rings. The number of likely N-dealkylation sites (N-methyl/N-ethyl adjacent to an activating group) is 1. The second-order valence-electron chi connectivity index (χ2n) is 10.6. The van der Waals surface area contributed by atoms with Crippen LogP contribution in [0.5, 0.6) is 0 Å². The zero-order chi connectivity index (χ0) is 29.2. The topological polar surface area (TPSA) is 108 Å². The van der Waals surface area contributed by atoms with Crippen LogP contribution in [0.1, 0.15) is 79.7 Å². The van der Waals surface area contributed by atoms with Crippen LogP contribution in [0.15, 0.2) is 78.9 Å². The van der Waals surface area contributed by atoms with Crippen LogP contribution in [0, 0.1) is 0 Å². The van der Waals surface area contributed by atoms with E-state index in [2.05, 4.69) is 48.5 Å². The summed E-state index contributed by atoms with van der Waals surface area (Å²) >= 11 is 0. The fraction of sp³-hybridized carbons (Fsp3) is 0.394. The Bertz CT molecular complexity index is 1250. The van der Waals surface area contributed by atoms with Crippen LogP contribution in [-0.4, -0.2) is 46.7 Å². The van der Waals surface area contributed by atoms with E-state index in [4.69, 9.17) is 14.6 Å². The van der Waals surface area contributed by atoms with Gasteiger partial charge in [0.2, 0.25) is 5.91 Å². The van der Waals surface area contributed by atoms with Crippen molar-refractivity contribution in [3.05, 3.63) is 101 Å². The van der Waals surface area contributed by atoms with Crippen molar-refractivity contribution in [2.24, 2.45) is 0 Å². The van der Waals surface area contributed by atoms with Gasteiger partial charge in [-0.2, -0.15) is 0 Å². The van der Waals surface area contributed by atoms with E-state index in [9.17, 15) is 14.7 Å².